The van der Waals surface area contributed by atoms with E-state index in [1.54, 1.807) is 0 Å². The van der Waals surface area contributed by atoms with Crippen molar-refractivity contribution in [2.24, 2.45) is 5.92 Å². The fourth-order valence-corrected chi connectivity index (χ4v) is 3.27. The third-order valence-corrected chi connectivity index (χ3v) is 4.50. The van der Waals surface area contributed by atoms with Crippen molar-refractivity contribution in [1.29, 1.82) is 0 Å². The summed E-state index contributed by atoms with van der Waals surface area (Å²) in [4.78, 5) is 28.4. The number of para-hydroxylation sites is 4. The molecule has 0 saturated carbocycles. The number of aromatic amines is 2. The van der Waals surface area contributed by atoms with Crippen LogP contribution in [-0.2, 0) is 11.2 Å². The first kappa shape index (κ1) is 17.3. The van der Waals surface area contributed by atoms with Crippen LogP contribution in [0.15, 0.2) is 48.5 Å². The molecule has 2 aromatic heterocycles. The average Bonchev–Trinajstić information content (AvgIpc) is 3.23. The standard InChI is InChI=1S/C21H23N5O/c1-13(2)11-20(27)24-18(21-25-16-9-5-6-10-17(16)26-21)12-19-22-14-7-3-4-8-15(14)23-19/h3-10,13,18H,11-12H2,1-2H3,(H,22,23)(H,24,27)(H,25,26). The Morgan fingerprint density at radius 3 is 2.22 bits per heavy atom. The summed E-state index contributed by atoms with van der Waals surface area (Å²) >= 11 is 0. The van der Waals surface area contributed by atoms with Crippen molar-refractivity contribution in [2.75, 3.05) is 0 Å². The monoisotopic (exact) mass is 361 g/mol. The minimum Gasteiger partial charge on any atom is -0.346 e. The Morgan fingerprint density at radius 1 is 0.963 bits per heavy atom. The molecule has 1 atom stereocenters. The van der Waals surface area contributed by atoms with Crippen LogP contribution < -0.4 is 5.32 Å². The Morgan fingerprint density at radius 2 is 1.59 bits per heavy atom. The van der Waals surface area contributed by atoms with E-state index in [0.717, 1.165) is 33.7 Å². The van der Waals surface area contributed by atoms with Gasteiger partial charge in [0, 0.05) is 12.8 Å². The van der Waals surface area contributed by atoms with Gasteiger partial charge in [-0.25, -0.2) is 9.97 Å². The predicted molar refractivity (Wildman–Crippen MR) is 106 cm³/mol. The van der Waals surface area contributed by atoms with Crippen molar-refractivity contribution in [2.45, 2.75) is 32.7 Å². The molecule has 2 heterocycles. The van der Waals surface area contributed by atoms with Gasteiger partial charge in [0.25, 0.3) is 0 Å². The van der Waals surface area contributed by atoms with Gasteiger partial charge in [-0.2, -0.15) is 0 Å². The second-order valence-electron chi connectivity index (χ2n) is 7.26. The largest absolute Gasteiger partial charge is 0.346 e. The molecule has 1 amide bonds. The third-order valence-electron chi connectivity index (χ3n) is 4.50. The molecule has 1 unspecified atom stereocenters. The molecule has 27 heavy (non-hydrogen) atoms. The van der Waals surface area contributed by atoms with Gasteiger partial charge >= 0.3 is 0 Å². The molecule has 2 aromatic carbocycles. The molecule has 6 heteroatoms. The number of aromatic nitrogens is 4. The van der Waals surface area contributed by atoms with Crippen LogP contribution in [-0.4, -0.2) is 25.8 Å². The molecule has 0 fully saturated rings. The second-order valence-corrected chi connectivity index (χ2v) is 7.26. The molecule has 6 nitrogen and oxygen atoms in total. The number of fused-ring (bicyclic) bond motifs is 2. The lowest BCUT2D eigenvalue weighted by Crippen LogP contribution is -2.31. The molecule has 0 aliphatic heterocycles. The van der Waals surface area contributed by atoms with E-state index in [9.17, 15) is 4.79 Å². The normalized spacial score (nSPS) is 12.7. The molecule has 0 saturated heterocycles. The van der Waals surface area contributed by atoms with E-state index < -0.39 is 0 Å². The van der Waals surface area contributed by atoms with Gasteiger partial charge in [-0.1, -0.05) is 38.1 Å². The maximum Gasteiger partial charge on any atom is 0.220 e. The van der Waals surface area contributed by atoms with Crippen molar-refractivity contribution >= 4 is 28.0 Å². The number of imidazole rings is 2. The smallest absolute Gasteiger partial charge is 0.220 e. The van der Waals surface area contributed by atoms with Crippen molar-refractivity contribution < 1.29 is 4.79 Å². The lowest BCUT2D eigenvalue weighted by Gasteiger charge is -2.16. The number of hydrogen-bond donors (Lipinski definition) is 3. The van der Waals surface area contributed by atoms with Crippen LogP contribution in [0.2, 0.25) is 0 Å². The van der Waals surface area contributed by atoms with E-state index in [1.807, 2.05) is 62.4 Å². The van der Waals surface area contributed by atoms with Crippen LogP contribution in [0.5, 0.6) is 0 Å². The maximum absolute atomic E-state index is 12.4. The summed E-state index contributed by atoms with van der Waals surface area (Å²) < 4.78 is 0. The molecule has 0 aliphatic rings. The van der Waals surface area contributed by atoms with Gasteiger partial charge in [0.1, 0.15) is 11.6 Å². The van der Waals surface area contributed by atoms with Crippen LogP contribution in [0.4, 0.5) is 0 Å². The van der Waals surface area contributed by atoms with Crippen LogP contribution in [0.3, 0.4) is 0 Å². The third kappa shape index (κ3) is 3.84. The summed E-state index contributed by atoms with van der Waals surface area (Å²) in [6, 6.07) is 15.5. The highest BCUT2D eigenvalue weighted by atomic mass is 16.1. The number of hydrogen-bond acceptors (Lipinski definition) is 3. The van der Waals surface area contributed by atoms with E-state index in [4.69, 9.17) is 0 Å². The van der Waals surface area contributed by atoms with Gasteiger partial charge in [0.15, 0.2) is 0 Å². The molecule has 0 radical (unpaired) electrons. The zero-order valence-electron chi connectivity index (χ0n) is 15.5. The van der Waals surface area contributed by atoms with Crippen molar-refractivity contribution in [1.82, 2.24) is 25.3 Å². The van der Waals surface area contributed by atoms with Crippen molar-refractivity contribution in [3.63, 3.8) is 0 Å². The van der Waals surface area contributed by atoms with Gasteiger partial charge in [-0.05, 0) is 30.2 Å². The average molecular weight is 361 g/mol. The van der Waals surface area contributed by atoms with E-state index in [-0.39, 0.29) is 11.9 Å². The van der Waals surface area contributed by atoms with Crippen LogP contribution >= 0.6 is 0 Å². The number of H-pyrrole nitrogens is 2. The summed E-state index contributed by atoms with van der Waals surface area (Å²) in [6.07, 6.45) is 1.02. The molecule has 138 valence electrons. The van der Waals surface area contributed by atoms with Crippen LogP contribution in [0, 0.1) is 5.92 Å². The highest BCUT2D eigenvalue weighted by Crippen LogP contribution is 2.21. The molecule has 0 bridgehead atoms. The number of rotatable bonds is 6. The van der Waals surface area contributed by atoms with E-state index in [2.05, 4.69) is 25.3 Å². The minimum absolute atomic E-state index is 0.0200. The first-order valence-corrected chi connectivity index (χ1v) is 9.26. The Kier molecular flexibility index (Phi) is 4.62. The highest BCUT2D eigenvalue weighted by molar-refractivity contribution is 5.78. The summed E-state index contributed by atoms with van der Waals surface area (Å²) in [6.45, 7) is 4.07. The van der Waals surface area contributed by atoms with Gasteiger partial charge < -0.3 is 15.3 Å². The second kappa shape index (κ2) is 7.23. The van der Waals surface area contributed by atoms with Crippen molar-refractivity contribution in [3.05, 3.63) is 60.2 Å². The van der Waals surface area contributed by atoms with Gasteiger partial charge in [0.2, 0.25) is 5.91 Å². The molecule has 0 spiro atoms. The van der Waals surface area contributed by atoms with Gasteiger partial charge in [0.05, 0.1) is 28.1 Å². The Balaban J connectivity index is 1.65. The topological polar surface area (TPSA) is 86.5 Å². The number of carbonyl (C=O) groups is 1. The fourth-order valence-electron chi connectivity index (χ4n) is 3.27. The van der Waals surface area contributed by atoms with Crippen molar-refractivity contribution in [3.8, 4) is 0 Å². The molecular weight excluding hydrogens is 338 g/mol. The van der Waals surface area contributed by atoms with Crippen LogP contribution in [0.25, 0.3) is 22.1 Å². The Hall–Kier alpha value is -3.15. The molecule has 0 aliphatic carbocycles. The molecule has 3 N–H and O–H groups in total. The van der Waals surface area contributed by atoms with Gasteiger partial charge in [-0.3, -0.25) is 4.79 Å². The van der Waals surface area contributed by atoms with E-state index in [1.165, 1.54) is 0 Å². The number of carbonyl (C=O) groups excluding carboxylic acids is 1. The number of benzene rings is 2. The maximum atomic E-state index is 12.4. The van der Waals surface area contributed by atoms with E-state index >= 15 is 0 Å². The number of nitrogens with one attached hydrogen (secondary N) is 3. The molecular formula is C21H23N5O. The lowest BCUT2D eigenvalue weighted by atomic mass is 10.1. The quantitative estimate of drug-likeness (QED) is 0.487. The van der Waals surface area contributed by atoms with Crippen LogP contribution in [0.1, 0.15) is 38.0 Å². The van der Waals surface area contributed by atoms with Gasteiger partial charge in [-0.15, -0.1) is 0 Å². The molecule has 4 aromatic rings. The minimum atomic E-state index is -0.274. The summed E-state index contributed by atoms with van der Waals surface area (Å²) in [5.41, 5.74) is 3.76. The zero-order valence-corrected chi connectivity index (χ0v) is 15.5. The number of amides is 1. The fraction of sp³-hybridized carbons (Fsp3) is 0.286. The number of nitrogens with zero attached hydrogens (tertiary/aromatic N) is 2. The predicted octanol–water partition coefficient (Wildman–Crippen LogP) is 3.89. The summed E-state index contributed by atoms with van der Waals surface area (Å²) in [5.74, 6) is 1.89. The first-order chi connectivity index (χ1) is 13.1. The lowest BCUT2D eigenvalue weighted by molar-refractivity contribution is -0.122. The SMILES string of the molecule is CC(C)CC(=O)NC(Cc1nc2ccccc2[nH]1)c1nc2ccccc2[nH]1. The Labute approximate surface area is 157 Å². The highest BCUT2D eigenvalue weighted by Gasteiger charge is 2.21. The first-order valence-electron chi connectivity index (χ1n) is 9.26. The van der Waals surface area contributed by atoms with E-state index in [0.29, 0.717) is 18.8 Å². The summed E-state index contributed by atoms with van der Waals surface area (Å²) in [5, 5.41) is 3.13. The zero-order chi connectivity index (χ0) is 18.8. The Bertz CT molecular complexity index is 1010. The summed E-state index contributed by atoms with van der Waals surface area (Å²) in [7, 11) is 0. The molecule has 4 rings (SSSR count).